The van der Waals surface area contributed by atoms with Gasteiger partial charge in [0.1, 0.15) is 13.2 Å². The van der Waals surface area contributed by atoms with Crippen LogP contribution < -0.4 is 15.0 Å². The van der Waals surface area contributed by atoms with E-state index in [-0.39, 0.29) is 0 Å². The second kappa shape index (κ2) is 5.25. The number of nitrogens with one attached hydrogen (secondary N) is 1. The van der Waals surface area contributed by atoms with E-state index in [4.69, 9.17) is 14.7 Å². The Hall–Kier alpha value is -0.780. The van der Waals surface area contributed by atoms with Crippen LogP contribution in [0.1, 0.15) is 30.9 Å². The molecule has 1 aromatic rings. The van der Waals surface area contributed by atoms with Crippen molar-refractivity contribution in [2.45, 2.75) is 26.3 Å². The van der Waals surface area contributed by atoms with E-state index < -0.39 is 0 Å². The Bertz CT molecular complexity index is 421. The molecular weight excluding hydrogens is 286 g/mol. The lowest BCUT2D eigenvalue weighted by Crippen LogP contribution is -2.19. The van der Waals surface area contributed by atoms with Gasteiger partial charge in [-0.25, -0.2) is 5.48 Å². The summed E-state index contributed by atoms with van der Waals surface area (Å²) in [4.78, 5) is 0. The van der Waals surface area contributed by atoms with Crippen molar-refractivity contribution in [1.29, 1.82) is 0 Å². The molecule has 17 heavy (non-hydrogen) atoms. The summed E-state index contributed by atoms with van der Waals surface area (Å²) in [6.45, 7) is 5.72. The van der Waals surface area contributed by atoms with Crippen LogP contribution in [-0.2, 0) is 6.54 Å². The molecule has 1 aliphatic heterocycles. The van der Waals surface area contributed by atoms with Crippen LogP contribution in [0.4, 0.5) is 0 Å². The molecule has 2 rings (SSSR count). The minimum atomic E-state index is 0.297. The van der Waals surface area contributed by atoms with Gasteiger partial charge in [0, 0.05) is 16.6 Å². The number of hydroxylamine groups is 1. The lowest BCUT2D eigenvalue weighted by atomic mass is 9.95. The highest BCUT2D eigenvalue weighted by Crippen LogP contribution is 2.43. The molecule has 0 radical (unpaired) electrons. The number of hydrogen-bond acceptors (Lipinski definition) is 4. The molecule has 1 aromatic carbocycles. The number of ether oxygens (including phenoxy) is 2. The predicted molar refractivity (Wildman–Crippen MR) is 67.8 cm³/mol. The van der Waals surface area contributed by atoms with Gasteiger partial charge in [0.05, 0.1) is 0 Å². The first-order valence-corrected chi connectivity index (χ1v) is 6.42. The molecule has 0 aromatic heterocycles. The lowest BCUT2D eigenvalue weighted by molar-refractivity contribution is 0.157. The Labute approximate surface area is 109 Å². The monoisotopic (exact) mass is 301 g/mol. The van der Waals surface area contributed by atoms with Crippen LogP contribution in [0.2, 0.25) is 0 Å². The third-order valence-corrected chi connectivity index (χ3v) is 3.47. The van der Waals surface area contributed by atoms with E-state index in [1.54, 1.807) is 0 Å². The standard InChI is InChI=1S/C12H16BrNO3/c1-7(2)11-8(6-14-15)9(13)5-10-12(11)17-4-3-16-10/h5,7,14-15H,3-4,6H2,1-2H3. The molecular formula is C12H16BrNO3. The van der Waals surface area contributed by atoms with Gasteiger partial charge in [-0.05, 0) is 17.5 Å². The summed E-state index contributed by atoms with van der Waals surface area (Å²) in [5.74, 6) is 1.87. The first-order chi connectivity index (χ1) is 8.15. The quantitative estimate of drug-likeness (QED) is 0.843. The Morgan fingerprint density at radius 3 is 2.76 bits per heavy atom. The van der Waals surface area contributed by atoms with Crippen LogP contribution in [0.5, 0.6) is 11.5 Å². The van der Waals surface area contributed by atoms with Crippen molar-refractivity contribution in [2.24, 2.45) is 0 Å². The average molecular weight is 302 g/mol. The van der Waals surface area contributed by atoms with E-state index in [1.807, 2.05) is 6.07 Å². The fourth-order valence-corrected chi connectivity index (χ4v) is 2.65. The molecule has 0 atom stereocenters. The molecule has 0 spiro atoms. The highest BCUT2D eigenvalue weighted by atomic mass is 79.9. The molecule has 0 aliphatic carbocycles. The summed E-state index contributed by atoms with van der Waals surface area (Å²) in [5.41, 5.74) is 4.29. The zero-order valence-electron chi connectivity index (χ0n) is 9.92. The Balaban J connectivity index is 2.58. The maximum Gasteiger partial charge on any atom is 0.165 e. The van der Waals surface area contributed by atoms with Crippen LogP contribution in [-0.4, -0.2) is 18.4 Å². The van der Waals surface area contributed by atoms with Gasteiger partial charge in [0.15, 0.2) is 11.5 Å². The molecule has 2 N–H and O–H groups in total. The maximum atomic E-state index is 8.91. The molecule has 0 unspecified atom stereocenters. The second-order valence-corrected chi connectivity index (χ2v) is 5.12. The third kappa shape index (κ3) is 2.41. The fraction of sp³-hybridized carbons (Fsp3) is 0.500. The van der Waals surface area contributed by atoms with Crippen molar-refractivity contribution in [3.63, 3.8) is 0 Å². The molecule has 0 saturated carbocycles. The highest BCUT2D eigenvalue weighted by Gasteiger charge is 2.23. The van der Waals surface area contributed by atoms with Gasteiger partial charge in [-0.3, -0.25) is 0 Å². The SMILES string of the molecule is CC(C)c1c(CNO)c(Br)cc2c1OCCO2. The molecule has 0 amide bonds. The van der Waals surface area contributed by atoms with Crippen LogP contribution in [0.25, 0.3) is 0 Å². The zero-order valence-corrected chi connectivity index (χ0v) is 11.5. The first kappa shape index (κ1) is 12.7. The minimum Gasteiger partial charge on any atom is -0.486 e. The molecule has 5 heteroatoms. The van der Waals surface area contributed by atoms with E-state index in [0.717, 1.165) is 27.1 Å². The van der Waals surface area contributed by atoms with Crippen molar-refractivity contribution in [2.75, 3.05) is 13.2 Å². The van der Waals surface area contributed by atoms with Crippen LogP contribution >= 0.6 is 15.9 Å². The normalized spacial score (nSPS) is 14.2. The van der Waals surface area contributed by atoms with Gasteiger partial charge in [0.2, 0.25) is 0 Å². The number of rotatable bonds is 3. The number of hydrogen-bond donors (Lipinski definition) is 2. The Morgan fingerprint density at radius 2 is 2.12 bits per heavy atom. The van der Waals surface area contributed by atoms with Crippen molar-refractivity contribution in [3.05, 3.63) is 21.7 Å². The van der Waals surface area contributed by atoms with E-state index in [1.165, 1.54) is 0 Å². The Kier molecular flexibility index (Phi) is 3.91. The van der Waals surface area contributed by atoms with Gasteiger partial charge >= 0.3 is 0 Å². The summed E-state index contributed by atoms with van der Waals surface area (Å²) < 4.78 is 12.2. The highest BCUT2D eigenvalue weighted by molar-refractivity contribution is 9.10. The van der Waals surface area contributed by atoms with Crippen molar-refractivity contribution >= 4 is 15.9 Å². The topological polar surface area (TPSA) is 50.7 Å². The minimum absolute atomic E-state index is 0.297. The second-order valence-electron chi connectivity index (χ2n) is 4.26. The first-order valence-electron chi connectivity index (χ1n) is 5.63. The maximum absolute atomic E-state index is 8.91. The Morgan fingerprint density at radius 1 is 1.41 bits per heavy atom. The molecule has 0 saturated heterocycles. The zero-order chi connectivity index (χ0) is 12.4. The third-order valence-electron chi connectivity index (χ3n) is 2.76. The van der Waals surface area contributed by atoms with Gasteiger partial charge in [0.25, 0.3) is 0 Å². The number of benzene rings is 1. The van der Waals surface area contributed by atoms with Crippen LogP contribution in [0.15, 0.2) is 10.5 Å². The van der Waals surface area contributed by atoms with Gasteiger partial charge in [-0.1, -0.05) is 29.8 Å². The van der Waals surface area contributed by atoms with Crippen LogP contribution in [0.3, 0.4) is 0 Å². The smallest absolute Gasteiger partial charge is 0.165 e. The van der Waals surface area contributed by atoms with Crippen molar-refractivity contribution in [3.8, 4) is 11.5 Å². The molecule has 4 nitrogen and oxygen atoms in total. The predicted octanol–water partition coefficient (Wildman–Crippen LogP) is 2.82. The van der Waals surface area contributed by atoms with E-state index in [0.29, 0.717) is 25.7 Å². The summed E-state index contributed by atoms with van der Waals surface area (Å²) >= 11 is 3.51. The molecule has 1 aliphatic rings. The average Bonchev–Trinajstić information content (AvgIpc) is 2.29. The van der Waals surface area contributed by atoms with E-state index in [9.17, 15) is 0 Å². The molecule has 94 valence electrons. The summed E-state index contributed by atoms with van der Waals surface area (Å²) in [5, 5.41) is 8.91. The van der Waals surface area contributed by atoms with Crippen LogP contribution in [0, 0.1) is 0 Å². The summed E-state index contributed by atoms with van der Waals surface area (Å²) in [6.07, 6.45) is 0. The van der Waals surface area contributed by atoms with Gasteiger partial charge in [-0.15, -0.1) is 0 Å². The van der Waals surface area contributed by atoms with E-state index in [2.05, 4.69) is 35.3 Å². The van der Waals surface area contributed by atoms with Gasteiger partial charge < -0.3 is 14.7 Å². The lowest BCUT2D eigenvalue weighted by Gasteiger charge is -2.25. The van der Waals surface area contributed by atoms with E-state index >= 15 is 0 Å². The molecule has 1 heterocycles. The summed E-state index contributed by atoms with van der Waals surface area (Å²) in [7, 11) is 0. The van der Waals surface area contributed by atoms with Crippen molar-refractivity contribution < 1.29 is 14.7 Å². The molecule has 0 fully saturated rings. The fourth-order valence-electron chi connectivity index (χ4n) is 2.09. The number of halogens is 1. The molecule has 0 bridgehead atoms. The summed E-state index contributed by atoms with van der Waals surface area (Å²) in [6, 6.07) is 1.90. The number of fused-ring (bicyclic) bond motifs is 1. The largest absolute Gasteiger partial charge is 0.486 e. The van der Waals surface area contributed by atoms with Crippen molar-refractivity contribution in [1.82, 2.24) is 5.48 Å². The van der Waals surface area contributed by atoms with Gasteiger partial charge in [-0.2, -0.15) is 0 Å².